The molecule has 0 unspecified atom stereocenters. The lowest BCUT2D eigenvalue weighted by atomic mass is 10.1. The number of rotatable bonds is 7. The summed E-state index contributed by atoms with van der Waals surface area (Å²) in [4.78, 5) is 26.6. The predicted octanol–water partition coefficient (Wildman–Crippen LogP) is 5.58. The van der Waals surface area contributed by atoms with E-state index in [0.717, 1.165) is 12.0 Å². The van der Waals surface area contributed by atoms with E-state index in [9.17, 15) is 9.59 Å². The van der Waals surface area contributed by atoms with Crippen LogP contribution in [0.2, 0.25) is 10.0 Å². The first-order chi connectivity index (χ1) is 13.3. The molecular formula is C21H25Cl2N3O2. The summed E-state index contributed by atoms with van der Waals surface area (Å²) in [6, 6.07) is 11.9. The van der Waals surface area contributed by atoms with E-state index in [1.807, 2.05) is 26.8 Å². The van der Waals surface area contributed by atoms with Crippen molar-refractivity contribution in [3.8, 4) is 0 Å². The monoisotopic (exact) mass is 421 g/mol. The van der Waals surface area contributed by atoms with E-state index in [1.165, 1.54) is 0 Å². The second-order valence-corrected chi connectivity index (χ2v) is 7.55. The van der Waals surface area contributed by atoms with Gasteiger partial charge in [0.25, 0.3) is 5.91 Å². The minimum Gasteiger partial charge on any atom is -0.352 e. The van der Waals surface area contributed by atoms with E-state index in [2.05, 4.69) is 10.6 Å². The topological polar surface area (TPSA) is 61.4 Å². The molecule has 2 rings (SSSR count). The summed E-state index contributed by atoms with van der Waals surface area (Å²) in [5, 5.41) is 6.63. The number of amides is 3. The van der Waals surface area contributed by atoms with E-state index >= 15 is 0 Å². The Morgan fingerprint density at radius 3 is 2.46 bits per heavy atom. The number of hydrogen-bond acceptors (Lipinski definition) is 2. The van der Waals surface area contributed by atoms with Crippen LogP contribution in [0, 0.1) is 0 Å². The molecule has 150 valence electrons. The molecule has 2 aromatic rings. The highest BCUT2D eigenvalue weighted by Gasteiger charge is 2.18. The van der Waals surface area contributed by atoms with E-state index in [0.29, 0.717) is 34.4 Å². The highest BCUT2D eigenvalue weighted by molar-refractivity contribution is 6.42. The smallest absolute Gasteiger partial charge is 0.322 e. The Kier molecular flexibility index (Phi) is 8.15. The minimum atomic E-state index is -0.257. The zero-order chi connectivity index (χ0) is 20.7. The normalized spacial score (nSPS) is 10.6. The van der Waals surface area contributed by atoms with Crippen molar-refractivity contribution in [3.05, 3.63) is 63.6 Å². The van der Waals surface area contributed by atoms with Crippen LogP contribution in [0.5, 0.6) is 0 Å². The van der Waals surface area contributed by atoms with Crippen LogP contribution in [-0.4, -0.2) is 29.4 Å². The van der Waals surface area contributed by atoms with Crippen LogP contribution >= 0.6 is 23.2 Å². The van der Waals surface area contributed by atoms with Gasteiger partial charge in [0, 0.05) is 30.4 Å². The number of halogens is 2. The summed E-state index contributed by atoms with van der Waals surface area (Å²) in [6.07, 6.45) is 0.861. The Morgan fingerprint density at radius 1 is 1.07 bits per heavy atom. The highest BCUT2D eigenvalue weighted by atomic mass is 35.5. The Labute approximate surface area is 176 Å². The van der Waals surface area contributed by atoms with Crippen LogP contribution in [0.15, 0.2) is 42.5 Å². The number of nitrogens with one attached hydrogen (secondary N) is 2. The fraction of sp³-hybridized carbons (Fsp3) is 0.333. The molecule has 0 atom stereocenters. The van der Waals surface area contributed by atoms with Gasteiger partial charge in [-0.3, -0.25) is 4.79 Å². The van der Waals surface area contributed by atoms with Crippen LogP contribution in [0.1, 0.15) is 43.1 Å². The predicted molar refractivity (Wildman–Crippen MR) is 115 cm³/mol. The van der Waals surface area contributed by atoms with Gasteiger partial charge in [-0.15, -0.1) is 0 Å². The number of urea groups is 1. The van der Waals surface area contributed by atoms with E-state index in [1.54, 1.807) is 41.3 Å². The third-order valence-electron chi connectivity index (χ3n) is 4.13. The zero-order valence-corrected chi connectivity index (χ0v) is 17.8. The first-order valence-corrected chi connectivity index (χ1v) is 9.97. The molecule has 2 aromatic carbocycles. The van der Waals surface area contributed by atoms with Gasteiger partial charge in [-0.25, -0.2) is 4.79 Å². The van der Waals surface area contributed by atoms with Crippen molar-refractivity contribution < 1.29 is 9.59 Å². The van der Waals surface area contributed by atoms with Crippen molar-refractivity contribution in [1.29, 1.82) is 0 Å². The van der Waals surface area contributed by atoms with Crippen LogP contribution in [-0.2, 0) is 6.54 Å². The molecule has 28 heavy (non-hydrogen) atoms. The second-order valence-electron chi connectivity index (χ2n) is 6.74. The Morgan fingerprint density at radius 2 is 1.82 bits per heavy atom. The molecule has 0 aliphatic heterocycles. The summed E-state index contributed by atoms with van der Waals surface area (Å²) >= 11 is 12.0. The number of nitrogens with zero attached hydrogens (tertiary/aromatic N) is 1. The van der Waals surface area contributed by atoms with Crippen molar-refractivity contribution in [2.24, 2.45) is 0 Å². The molecule has 0 aromatic heterocycles. The Hall–Kier alpha value is -2.24. The van der Waals surface area contributed by atoms with Gasteiger partial charge < -0.3 is 15.5 Å². The lowest BCUT2D eigenvalue weighted by Gasteiger charge is -2.27. The van der Waals surface area contributed by atoms with Gasteiger partial charge in [-0.2, -0.15) is 0 Å². The molecule has 2 N–H and O–H groups in total. The van der Waals surface area contributed by atoms with Gasteiger partial charge in [0.05, 0.1) is 10.0 Å². The van der Waals surface area contributed by atoms with Gasteiger partial charge in [0.15, 0.2) is 0 Å². The molecule has 0 saturated heterocycles. The van der Waals surface area contributed by atoms with E-state index in [-0.39, 0.29) is 18.0 Å². The number of carbonyl (C=O) groups excluding carboxylic acids is 2. The third-order valence-corrected chi connectivity index (χ3v) is 4.87. The van der Waals surface area contributed by atoms with Crippen LogP contribution in [0.3, 0.4) is 0 Å². The average Bonchev–Trinajstić information content (AvgIpc) is 2.66. The van der Waals surface area contributed by atoms with Crippen LogP contribution in [0.4, 0.5) is 10.5 Å². The SMILES string of the molecule is CCCNC(=O)c1cccc(NC(=O)N(Cc2ccc(Cl)c(Cl)c2)C(C)C)c1. The van der Waals surface area contributed by atoms with Gasteiger partial charge in [0.2, 0.25) is 0 Å². The molecule has 0 radical (unpaired) electrons. The molecule has 0 bridgehead atoms. The molecular weight excluding hydrogens is 397 g/mol. The minimum absolute atomic E-state index is 0.0366. The molecule has 0 heterocycles. The maximum absolute atomic E-state index is 12.8. The molecule has 0 fully saturated rings. The van der Waals surface area contributed by atoms with Crippen LogP contribution in [0.25, 0.3) is 0 Å². The van der Waals surface area contributed by atoms with Crippen LogP contribution < -0.4 is 10.6 Å². The first kappa shape index (κ1) is 22.1. The van der Waals surface area contributed by atoms with E-state index < -0.39 is 0 Å². The molecule has 5 nitrogen and oxygen atoms in total. The standard InChI is InChI=1S/C21H25Cl2N3O2/c1-4-10-24-20(27)16-6-5-7-17(12-16)25-21(28)26(14(2)3)13-15-8-9-18(22)19(23)11-15/h5-9,11-12,14H,4,10,13H2,1-3H3,(H,24,27)(H,25,28). The van der Waals surface area contributed by atoms with Crippen molar-refractivity contribution in [2.75, 3.05) is 11.9 Å². The van der Waals surface area contributed by atoms with E-state index in [4.69, 9.17) is 23.2 Å². The molecule has 7 heteroatoms. The lowest BCUT2D eigenvalue weighted by Crippen LogP contribution is -2.39. The quantitative estimate of drug-likeness (QED) is 0.612. The molecule has 3 amide bonds. The maximum Gasteiger partial charge on any atom is 0.322 e. The molecule has 0 spiro atoms. The third kappa shape index (κ3) is 6.14. The Bertz CT molecular complexity index is 840. The summed E-state index contributed by atoms with van der Waals surface area (Å²) in [5.41, 5.74) is 1.95. The average molecular weight is 422 g/mol. The largest absolute Gasteiger partial charge is 0.352 e. The first-order valence-electron chi connectivity index (χ1n) is 9.21. The number of anilines is 1. The molecule has 0 aliphatic rings. The van der Waals surface area contributed by atoms with Gasteiger partial charge >= 0.3 is 6.03 Å². The number of hydrogen-bond donors (Lipinski definition) is 2. The fourth-order valence-electron chi connectivity index (χ4n) is 2.60. The molecule has 0 saturated carbocycles. The molecule has 0 aliphatic carbocycles. The van der Waals surface area contributed by atoms with Gasteiger partial charge in [-0.05, 0) is 56.2 Å². The second kappa shape index (κ2) is 10.3. The summed E-state index contributed by atoms with van der Waals surface area (Å²) < 4.78 is 0. The van der Waals surface area contributed by atoms with Crippen molar-refractivity contribution in [3.63, 3.8) is 0 Å². The highest BCUT2D eigenvalue weighted by Crippen LogP contribution is 2.24. The maximum atomic E-state index is 12.8. The lowest BCUT2D eigenvalue weighted by molar-refractivity contribution is 0.0953. The summed E-state index contributed by atoms with van der Waals surface area (Å²) in [6.45, 7) is 6.86. The van der Waals surface area contributed by atoms with Crippen molar-refractivity contribution in [1.82, 2.24) is 10.2 Å². The van der Waals surface area contributed by atoms with Crippen molar-refractivity contribution in [2.45, 2.75) is 39.8 Å². The fourth-order valence-corrected chi connectivity index (χ4v) is 2.92. The number of carbonyl (C=O) groups is 2. The van der Waals surface area contributed by atoms with Gasteiger partial charge in [-0.1, -0.05) is 42.3 Å². The van der Waals surface area contributed by atoms with Gasteiger partial charge in [0.1, 0.15) is 0 Å². The number of benzene rings is 2. The summed E-state index contributed by atoms with van der Waals surface area (Å²) in [7, 11) is 0. The zero-order valence-electron chi connectivity index (χ0n) is 16.3. The Balaban J connectivity index is 2.11. The van der Waals surface area contributed by atoms with Crippen molar-refractivity contribution >= 4 is 40.8 Å². The summed E-state index contributed by atoms with van der Waals surface area (Å²) in [5.74, 6) is -0.158.